The van der Waals surface area contributed by atoms with E-state index in [0.717, 1.165) is 0 Å². The Hall–Kier alpha value is -1.53. The number of carbonyl (C=O) groups is 1. The molecule has 0 spiro atoms. The van der Waals surface area contributed by atoms with E-state index in [-0.39, 0.29) is 12.5 Å². The zero-order valence-corrected chi connectivity index (χ0v) is 10.3. The van der Waals surface area contributed by atoms with Crippen LogP contribution in [0.4, 0.5) is 11.5 Å². The number of hydrogen-bond donors (Lipinski definition) is 3. The Morgan fingerprint density at radius 2 is 2.41 bits per heavy atom. The van der Waals surface area contributed by atoms with Gasteiger partial charge >= 0.3 is 0 Å². The number of amides is 1. The second-order valence-corrected chi connectivity index (χ2v) is 3.72. The minimum atomic E-state index is -0.154. The minimum Gasteiger partial charge on any atom is -0.396 e. The van der Waals surface area contributed by atoms with Crippen LogP contribution >= 0.6 is 11.6 Å². The van der Waals surface area contributed by atoms with Gasteiger partial charge in [-0.15, -0.1) is 0 Å². The molecule has 0 aliphatic heterocycles. The summed E-state index contributed by atoms with van der Waals surface area (Å²) in [5.41, 5.74) is 6.07. The molecule has 1 amide bonds. The second-order valence-electron chi connectivity index (χ2n) is 3.29. The SMILES string of the molecule is COCCNC(=O)CNc1ncc(Cl)cc1N. The van der Waals surface area contributed by atoms with Crippen molar-refractivity contribution < 1.29 is 9.53 Å². The Morgan fingerprint density at radius 1 is 1.65 bits per heavy atom. The number of methoxy groups -OCH3 is 1. The Balaban J connectivity index is 2.37. The fourth-order valence-corrected chi connectivity index (χ4v) is 1.29. The van der Waals surface area contributed by atoms with Crippen molar-refractivity contribution in [3.8, 4) is 0 Å². The summed E-state index contributed by atoms with van der Waals surface area (Å²) in [6.45, 7) is 1.05. The lowest BCUT2D eigenvalue weighted by Gasteiger charge is -2.08. The highest BCUT2D eigenvalue weighted by atomic mass is 35.5. The number of nitrogen functional groups attached to an aromatic ring is 1. The molecule has 1 rings (SSSR count). The van der Waals surface area contributed by atoms with Crippen molar-refractivity contribution in [3.63, 3.8) is 0 Å². The highest BCUT2D eigenvalue weighted by Crippen LogP contribution is 2.18. The predicted molar refractivity (Wildman–Crippen MR) is 67.0 cm³/mol. The van der Waals surface area contributed by atoms with E-state index < -0.39 is 0 Å². The van der Waals surface area contributed by atoms with E-state index in [1.807, 2.05) is 0 Å². The molecule has 0 fully saturated rings. The van der Waals surface area contributed by atoms with Crippen LogP contribution in [0.25, 0.3) is 0 Å². The highest BCUT2D eigenvalue weighted by molar-refractivity contribution is 6.30. The number of rotatable bonds is 6. The summed E-state index contributed by atoms with van der Waals surface area (Å²) < 4.78 is 4.81. The molecule has 0 atom stereocenters. The van der Waals surface area contributed by atoms with Gasteiger partial charge in [0.2, 0.25) is 5.91 Å². The summed E-state index contributed by atoms with van der Waals surface area (Å²) in [5, 5.41) is 5.94. The van der Waals surface area contributed by atoms with Crippen LogP contribution in [0.5, 0.6) is 0 Å². The number of anilines is 2. The normalized spacial score (nSPS) is 10.0. The third-order valence-corrected chi connectivity index (χ3v) is 2.14. The van der Waals surface area contributed by atoms with E-state index in [1.165, 1.54) is 6.20 Å². The quantitative estimate of drug-likeness (QED) is 0.647. The summed E-state index contributed by atoms with van der Waals surface area (Å²) in [7, 11) is 1.57. The van der Waals surface area contributed by atoms with Crippen molar-refractivity contribution in [1.82, 2.24) is 10.3 Å². The summed E-state index contributed by atoms with van der Waals surface area (Å²) in [6, 6.07) is 1.57. The lowest BCUT2D eigenvalue weighted by atomic mass is 10.4. The molecule has 1 heterocycles. The average molecular weight is 259 g/mol. The molecule has 0 radical (unpaired) electrons. The van der Waals surface area contributed by atoms with Crippen molar-refractivity contribution >= 4 is 29.0 Å². The molecule has 0 bridgehead atoms. The van der Waals surface area contributed by atoms with Gasteiger partial charge in [0.1, 0.15) is 5.82 Å². The fraction of sp³-hybridized carbons (Fsp3) is 0.400. The number of pyridine rings is 1. The van der Waals surface area contributed by atoms with E-state index in [1.54, 1.807) is 13.2 Å². The Kier molecular flexibility index (Phi) is 5.51. The molecule has 1 aromatic rings. The molecule has 1 aromatic heterocycles. The number of aromatic nitrogens is 1. The molecule has 0 unspecified atom stereocenters. The summed E-state index contributed by atoms with van der Waals surface area (Å²) in [6.07, 6.45) is 1.46. The van der Waals surface area contributed by atoms with E-state index >= 15 is 0 Å². The molecular weight excluding hydrogens is 244 g/mol. The number of hydrogen-bond acceptors (Lipinski definition) is 5. The van der Waals surface area contributed by atoms with Crippen LogP contribution in [0.1, 0.15) is 0 Å². The maximum atomic E-state index is 11.3. The predicted octanol–water partition coefficient (Wildman–Crippen LogP) is 0.492. The standard InChI is InChI=1S/C10H15ClN4O2/c1-17-3-2-13-9(16)6-15-10-8(12)4-7(11)5-14-10/h4-5H,2-3,6,12H2,1H3,(H,13,16)(H,14,15). The Morgan fingerprint density at radius 3 is 3.06 bits per heavy atom. The largest absolute Gasteiger partial charge is 0.396 e. The first-order valence-electron chi connectivity index (χ1n) is 5.04. The van der Waals surface area contributed by atoms with Gasteiger partial charge in [-0.1, -0.05) is 11.6 Å². The molecule has 0 saturated carbocycles. The van der Waals surface area contributed by atoms with Crippen LogP contribution in [0.15, 0.2) is 12.3 Å². The van der Waals surface area contributed by atoms with Crippen molar-refractivity contribution in [2.24, 2.45) is 0 Å². The maximum Gasteiger partial charge on any atom is 0.239 e. The van der Waals surface area contributed by atoms with Crippen LogP contribution < -0.4 is 16.4 Å². The van der Waals surface area contributed by atoms with Gasteiger partial charge < -0.3 is 21.1 Å². The van der Waals surface area contributed by atoms with Gasteiger partial charge in [-0.3, -0.25) is 4.79 Å². The topological polar surface area (TPSA) is 89.3 Å². The van der Waals surface area contributed by atoms with E-state index in [2.05, 4.69) is 15.6 Å². The maximum absolute atomic E-state index is 11.3. The number of ether oxygens (including phenoxy) is 1. The molecule has 0 aromatic carbocycles. The number of nitrogens with one attached hydrogen (secondary N) is 2. The van der Waals surface area contributed by atoms with Crippen molar-refractivity contribution in [2.75, 3.05) is 37.9 Å². The van der Waals surface area contributed by atoms with Crippen LogP contribution in [0, 0.1) is 0 Å². The highest BCUT2D eigenvalue weighted by Gasteiger charge is 2.04. The van der Waals surface area contributed by atoms with Gasteiger partial charge in [0.05, 0.1) is 23.9 Å². The van der Waals surface area contributed by atoms with Gasteiger partial charge in [-0.25, -0.2) is 4.98 Å². The van der Waals surface area contributed by atoms with E-state index in [0.29, 0.717) is 29.7 Å². The summed E-state index contributed by atoms with van der Waals surface area (Å²) >= 11 is 5.70. The fourth-order valence-electron chi connectivity index (χ4n) is 1.12. The van der Waals surface area contributed by atoms with Gasteiger partial charge in [-0.05, 0) is 6.07 Å². The Labute approximate surface area is 104 Å². The van der Waals surface area contributed by atoms with Gasteiger partial charge in [-0.2, -0.15) is 0 Å². The second kappa shape index (κ2) is 6.93. The van der Waals surface area contributed by atoms with Crippen molar-refractivity contribution in [3.05, 3.63) is 17.3 Å². The number of nitrogens with two attached hydrogens (primary N) is 1. The third kappa shape index (κ3) is 4.88. The monoisotopic (exact) mass is 258 g/mol. The van der Waals surface area contributed by atoms with Crippen LogP contribution in [-0.4, -0.2) is 37.7 Å². The lowest BCUT2D eigenvalue weighted by molar-refractivity contribution is -0.119. The molecular formula is C10H15ClN4O2. The van der Waals surface area contributed by atoms with Gasteiger partial charge in [0, 0.05) is 19.9 Å². The first-order valence-corrected chi connectivity index (χ1v) is 5.42. The van der Waals surface area contributed by atoms with Gasteiger partial charge in [0.25, 0.3) is 0 Å². The molecule has 7 heteroatoms. The van der Waals surface area contributed by atoms with E-state index in [9.17, 15) is 4.79 Å². The number of nitrogens with zero attached hydrogens (tertiary/aromatic N) is 1. The van der Waals surface area contributed by atoms with Gasteiger partial charge in [0.15, 0.2) is 0 Å². The zero-order chi connectivity index (χ0) is 12.7. The smallest absolute Gasteiger partial charge is 0.239 e. The van der Waals surface area contributed by atoms with Crippen LogP contribution in [0.2, 0.25) is 5.02 Å². The molecule has 0 aliphatic carbocycles. The average Bonchev–Trinajstić information content (AvgIpc) is 2.28. The van der Waals surface area contributed by atoms with Crippen molar-refractivity contribution in [1.29, 1.82) is 0 Å². The van der Waals surface area contributed by atoms with Crippen LogP contribution in [0.3, 0.4) is 0 Å². The summed E-state index contributed by atoms with van der Waals surface area (Å²) in [5.74, 6) is 0.287. The number of carbonyl (C=O) groups excluding carboxylic acids is 1. The molecule has 0 saturated heterocycles. The molecule has 94 valence electrons. The molecule has 4 N–H and O–H groups in total. The number of halogens is 1. The minimum absolute atomic E-state index is 0.0997. The third-order valence-electron chi connectivity index (χ3n) is 1.93. The first kappa shape index (κ1) is 13.5. The molecule has 17 heavy (non-hydrogen) atoms. The van der Waals surface area contributed by atoms with E-state index in [4.69, 9.17) is 22.1 Å². The zero-order valence-electron chi connectivity index (χ0n) is 9.50. The van der Waals surface area contributed by atoms with Crippen LogP contribution in [-0.2, 0) is 9.53 Å². The Bertz CT molecular complexity index is 387. The van der Waals surface area contributed by atoms with Crippen molar-refractivity contribution in [2.45, 2.75) is 0 Å². The molecule has 0 aliphatic rings. The lowest BCUT2D eigenvalue weighted by Crippen LogP contribution is -2.32. The summed E-state index contributed by atoms with van der Waals surface area (Å²) in [4.78, 5) is 15.3. The molecule has 6 nitrogen and oxygen atoms in total. The first-order chi connectivity index (χ1) is 8.13.